The maximum atomic E-state index is 11.7. The van der Waals surface area contributed by atoms with E-state index in [2.05, 4.69) is 12.2 Å². The van der Waals surface area contributed by atoms with Gasteiger partial charge in [0.15, 0.2) is 0 Å². The van der Waals surface area contributed by atoms with Gasteiger partial charge in [-0.05, 0) is 44.4 Å². The van der Waals surface area contributed by atoms with Crippen LogP contribution < -0.4 is 5.32 Å². The summed E-state index contributed by atoms with van der Waals surface area (Å²) in [6, 6.07) is 1.31. The van der Waals surface area contributed by atoms with E-state index in [4.69, 9.17) is 4.74 Å². The van der Waals surface area contributed by atoms with E-state index in [0.29, 0.717) is 12.1 Å². The van der Waals surface area contributed by atoms with Gasteiger partial charge in [0.1, 0.15) is 6.61 Å². The molecule has 20 heavy (non-hydrogen) atoms. The highest BCUT2D eigenvalue weighted by Gasteiger charge is 2.26. The Balaban J connectivity index is 1.66. The molecule has 0 aromatic carbocycles. The van der Waals surface area contributed by atoms with Crippen LogP contribution in [0.3, 0.4) is 0 Å². The van der Waals surface area contributed by atoms with Crippen molar-refractivity contribution in [3.05, 3.63) is 0 Å². The van der Waals surface area contributed by atoms with Gasteiger partial charge in [0.05, 0.1) is 0 Å². The zero-order valence-corrected chi connectivity index (χ0v) is 13.1. The lowest BCUT2D eigenvalue weighted by atomic mass is 9.84. The number of piperidine rings is 1. The third kappa shape index (κ3) is 4.45. The van der Waals surface area contributed by atoms with Gasteiger partial charge in [-0.25, -0.2) is 0 Å². The standard InChI is InChI=1S/C16H30N2O2/c1-3-13-4-6-14(7-5-13)17-15-8-10-18(11-9-15)16(19)12-20-2/h13-15,17H,3-12H2,1-2H3. The van der Waals surface area contributed by atoms with Crippen LogP contribution in [0.1, 0.15) is 51.9 Å². The molecule has 0 unspecified atom stereocenters. The highest BCUT2D eigenvalue weighted by atomic mass is 16.5. The van der Waals surface area contributed by atoms with Crippen LogP contribution >= 0.6 is 0 Å². The number of rotatable bonds is 5. The Kier molecular flexibility index (Phi) is 6.30. The van der Waals surface area contributed by atoms with Crippen LogP contribution in [0, 0.1) is 5.92 Å². The van der Waals surface area contributed by atoms with Gasteiger partial charge >= 0.3 is 0 Å². The number of methoxy groups -OCH3 is 1. The Morgan fingerprint density at radius 2 is 1.70 bits per heavy atom. The summed E-state index contributed by atoms with van der Waals surface area (Å²) in [7, 11) is 1.58. The molecule has 1 amide bonds. The van der Waals surface area contributed by atoms with Crippen LogP contribution in [0.4, 0.5) is 0 Å². The van der Waals surface area contributed by atoms with Gasteiger partial charge in [0.25, 0.3) is 0 Å². The van der Waals surface area contributed by atoms with Gasteiger partial charge in [-0.1, -0.05) is 13.3 Å². The fourth-order valence-electron chi connectivity index (χ4n) is 3.58. The summed E-state index contributed by atoms with van der Waals surface area (Å²) in [6.07, 6.45) is 8.96. The summed E-state index contributed by atoms with van der Waals surface area (Å²) >= 11 is 0. The van der Waals surface area contributed by atoms with E-state index in [0.717, 1.165) is 31.8 Å². The van der Waals surface area contributed by atoms with Crippen LogP contribution in [-0.4, -0.2) is 49.7 Å². The summed E-state index contributed by atoms with van der Waals surface area (Å²) in [5.41, 5.74) is 0. The zero-order chi connectivity index (χ0) is 14.4. The molecule has 1 heterocycles. The molecule has 1 aliphatic carbocycles. The Labute approximate surface area is 123 Å². The van der Waals surface area contributed by atoms with Crippen LogP contribution in [0.15, 0.2) is 0 Å². The molecule has 0 bridgehead atoms. The molecule has 0 aromatic rings. The first-order valence-corrected chi connectivity index (χ1v) is 8.25. The van der Waals surface area contributed by atoms with E-state index in [1.165, 1.54) is 32.1 Å². The monoisotopic (exact) mass is 282 g/mol. The Morgan fingerprint density at radius 1 is 1.10 bits per heavy atom. The van der Waals surface area contributed by atoms with Gasteiger partial charge in [0.2, 0.25) is 5.91 Å². The average Bonchev–Trinajstić information content (AvgIpc) is 2.49. The molecule has 0 spiro atoms. The molecular formula is C16H30N2O2. The van der Waals surface area contributed by atoms with Gasteiger partial charge in [0, 0.05) is 32.3 Å². The van der Waals surface area contributed by atoms with Crippen molar-refractivity contribution in [1.82, 2.24) is 10.2 Å². The number of likely N-dealkylation sites (tertiary alicyclic amines) is 1. The lowest BCUT2D eigenvalue weighted by molar-refractivity contribution is -0.136. The SMILES string of the molecule is CCC1CCC(NC2CCN(C(=O)COC)CC2)CC1. The number of hydrogen-bond donors (Lipinski definition) is 1. The minimum absolute atomic E-state index is 0.134. The predicted molar refractivity (Wildman–Crippen MR) is 80.7 cm³/mol. The van der Waals surface area contributed by atoms with Gasteiger partial charge in [-0.2, -0.15) is 0 Å². The second-order valence-electron chi connectivity index (χ2n) is 6.38. The van der Waals surface area contributed by atoms with Gasteiger partial charge in [-0.3, -0.25) is 4.79 Å². The van der Waals surface area contributed by atoms with Crippen molar-refractivity contribution in [3.8, 4) is 0 Å². The highest BCUT2D eigenvalue weighted by molar-refractivity contribution is 5.77. The van der Waals surface area contributed by atoms with Crippen molar-refractivity contribution in [2.45, 2.75) is 64.0 Å². The third-order valence-electron chi connectivity index (χ3n) is 5.01. The molecular weight excluding hydrogens is 252 g/mol. The van der Waals surface area contributed by atoms with Crippen molar-refractivity contribution >= 4 is 5.91 Å². The number of nitrogens with one attached hydrogen (secondary N) is 1. The zero-order valence-electron chi connectivity index (χ0n) is 13.1. The predicted octanol–water partition coefficient (Wildman–Crippen LogP) is 2.18. The Hall–Kier alpha value is -0.610. The van der Waals surface area contributed by atoms with E-state index in [1.807, 2.05) is 4.90 Å². The quantitative estimate of drug-likeness (QED) is 0.840. The molecule has 1 saturated carbocycles. The largest absolute Gasteiger partial charge is 0.375 e. The van der Waals surface area contributed by atoms with E-state index in [-0.39, 0.29) is 12.5 Å². The molecule has 2 rings (SSSR count). The smallest absolute Gasteiger partial charge is 0.248 e. The number of hydrogen-bond acceptors (Lipinski definition) is 3. The normalized spacial score (nSPS) is 28.6. The summed E-state index contributed by atoms with van der Waals surface area (Å²) in [5.74, 6) is 1.09. The number of ether oxygens (including phenoxy) is 1. The molecule has 2 aliphatic rings. The van der Waals surface area contributed by atoms with Crippen LogP contribution in [0.5, 0.6) is 0 Å². The van der Waals surface area contributed by atoms with Crippen LogP contribution in [0.2, 0.25) is 0 Å². The summed E-state index contributed by atoms with van der Waals surface area (Å²) in [6.45, 7) is 4.29. The number of amides is 1. The molecule has 0 radical (unpaired) electrons. The molecule has 0 atom stereocenters. The minimum atomic E-state index is 0.134. The minimum Gasteiger partial charge on any atom is -0.375 e. The first-order valence-electron chi connectivity index (χ1n) is 8.25. The second-order valence-corrected chi connectivity index (χ2v) is 6.38. The lowest BCUT2D eigenvalue weighted by Gasteiger charge is -2.36. The number of carbonyl (C=O) groups excluding carboxylic acids is 1. The molecule has 116 valence electrons. The fraction of sp³-hybridized carbons (Fsp3) is 0.938. The number of carbonyl (C=O) groups is 1. The summed E-state index contributed by atoms with van der Waals surface area (Å²) in [5, 5.41) is 3.82. The van der Waals surface area contributed by atoms with E-state index < -0.39 is 0 Å². The van der Waals surface area contributed by atoms with Crippen LogP contribution in [-0.2, 0) is 9.53 Å². The number of nitrogens with zero attached hydrogens (tertiary/aromatic N) is 1. The van der Waals surface area contributed by atoms with E-state index in [9.17, 15) is 4.79 Å². The molecule has 4 heteroatoms. The van der Waals surface area contributed by atoms with E-state index in [1.54, 1.807) is 7.11 Å². The van der Waals surface area contributed by atoms with Gasteiger partial charge in [-0.15, -0.1) is 0 Å². The Bertz CT molecular complexity index is 293. The molecule has 1 N–H and O–H groups in total. The molecule has 1 aliphatic heterocycles. The van der Waals surface area contributed by atoms with Crippen LogP contribution in [0.25, 0.3) is 0 Å². The fourth-order valence-corrected chi connectivity index (χ4v) is 3.58. The third-order valence-corrected chi connectivity index (χ3v) is 5.01. The molecule has 0 aromatic heterocycles. The maximum Gasteiger partial charge on any atom is 0.248 e. The molecule has 4 nitrogen and oxygen atoms in total. The van der Waals surface area contributed by atoms with Crippen molar-refractivity contribution in [3.63, 3.8) is 0 Å². The van der Waals surface area contributed by atoms with Crippen molar-refractivity contribution in [2.75, 3.05) is 26.8 Å². The summed E-state index contributed by atoms with van der Waals surface area (Å²) in [4.78, 5) is 13.7. The van der Waals surface area contributed by atoms with E-state index >= 15 is 0 Å². The summed E-state index contributed by atoms with van der Waals surface area (Å²) < 4.78 is 4.92. The Morgan fingerprint density at radius 3 is 2.25 bits per heavy atom. The highest BCUT2D eigenvalue weighted by Crippen LogP contribution is 2.27. The first-order chi connectivity index (χ1) is 9.72. The lowest BCUT2D eigenvalue weighted by Crippen LogP contribution is -2.49. The first kappa shape index (κ1) is 15.8. The topological polar surface area (TPSA) is 41.6 Å². The maximum absolute atomic E-state index is 11.7. The van der Waals surface area contributed by atoms with Crippen molar-refractivity contribution in [2.24, 2.45) is 5.92 Å². The molecule has 1 saturated heterocycles. The second kappa shape index (κ2) is 7.99. The molecule has 2 fully saturated rings. The average molecular weight is 282 g/mol. The van der Waals surface area contributed by atoms with Crippen molar-refractivity contribution in [1.29, 1.82) is 0 Å². The van der Waals surface area contributed by atoms with Gasteiger partial charge < -0.3 is 15.0 Å². The van der Waals surface area contributed by atoms with Crippen molar-refractivity contribution < 1.29 is 9.53 Å².